The molecule has 0 aromatic carbocycles. The zero-order valence-corrected chi connectivity index (χ0v) is 11.2. The summed E-state index contributed by atoms with van der Waals surface area (Å²) in [5, 5.41) is 3.45. The summed E-state index contributed by atoms with van der Waals surface area (Å²) in [7, 11) is 0. The molecule has 0 saturated carbocycles. The summed E-state index contributed by atoms with van der Waals surface area (Å²) in [4.78, 5) is 0. The quantitative estimate of drug-likeness (QED) is 0.726. The van der Waals surface area contributed by atoms with E-state index in [0.29, 0.717) is 12.1 Å². The van der Waals surface area contributed by atoms with Crippen molar-refractivity contribution in [2.24, 2.45) is 5.41 Å². The third kappa shape index (κ3) is 5.83. The van der Waals surface area contributed by atoms with Crippen molar-refractivity contribution in [3.05, 3.63) is 0 Å². The molecule has 96 valence electrons. The van der Waals surface area contributed by atoms with Gasteiger partial charge in [-0.15, -0.1) is 0 Å². The van der Waals surface area contributed by atoms with E-state index in [1.807, 2.05) is 0 Å². The van der Waals surface area contributed by atoms with Gasteiger partial charge in [-0.05, 0) is 12.8 Å². The second-order valence-electron chi connectivity index (χ2n) is 5.85. The van der Waals surface area contributed by atoms with Crippen molar-refractivity contribution in [2.45, 2.75) is 52.7 Å². The molecule has 0 bridgehead atoms. The Hall–Kier alpha value is -0.120. The van der Waals surface area contributed by atoms with Gasteiger partial charge < -0.3 is 14.8 Å². The second kappa shape index (κ2) is 6.58. The molecular weight excluding hydrogens is 202 g/mol. The van der Waals surface area contributed by atoms with Crippen molar-refractivity contribution in [3.8, 4) is 0 Å². The molecule has 1 rings (SSSR count). The minimum atomic E-state index is 0.197. The van der Waals surface area contributed by atoms with Gasteiger partial charge in [-0.1, -0.05) is 27.7 Å². The lowest BCUT2D eigenvalue weighted by atomic mass is 9.94. The zero-order valence-electron chi connectivity index (χ0n) is 11.2. The highest BCUT2D eigenvalue weighted by Crippen LogP contribution is 2.17. The van der Waals surface area contributed by atoms with Gasteiger partial charge in [-0.25, -0.2) is 0 Å². The summed E-state index contributed by atoms with van der Waals surface area (Å²) in [5.74, 6) is 0. The molecule has 1 saturated heterocycles. The normalized spacial score (nSPS) is 21.9. The van der Waals surface area contributed by atoms with Gasteiger partial charge in [0.15, 0.2) is 0 Å². The van der Waals surface area contributed by atoms with Crippen LogP contribution in [0.15, 0.2) is 0 Å². The molecule has 0 amide bonds. The lowest BCUT2D eigenvalue weighted by molar-refractivity contribution is -0.00990. The third-order valence-electron chi connectivity index (χ3n) is 2.81. The third-order valence-corrected chi connectivity index (χ3v) is 2.81. The minimum absolute atomic E-state index is 0.197. The fraction of sp³-hybridized carbons (Fsp3) is 1.00. The summed E-state index contributed by atoms with van der Waals surface area (Å²) >= 11 is 0. The van der Waals surface area contributed by atoms with Crippen LogP contribution in [0.3, 0.4) is 0 Å². The second-order valence-corrected chi connectivity index (χ2v) is 5.85. The van der Waals surface area contributed by atoms with Crippen LogP contribution >= 0.6 is 0 Å². The molecule has 0 spiro atoms. The van der Waals surface area contributed by atoms with Gasteiger partial charge in [0.1, 0.15) is 0 Å². The molecule has 0 radical (unpaired) electrons. The smallest absolute Gasteiger partial charge is 0.0809 e. The Kier molecular flexibility index (Phi) is 5.73. The van der Waals surface area contributed by atoms with Crippen LogP contribution in [0.2, 0.25) is 0 Å². The highest BCUT2D eigenvalue weighted by atomic mass is 16.5. The molecule has 1 unspecified atom stereocenters. The SMILES string of the molecule is CC(C)NCC(C)(C)COCC1CCCO1. The molecule has 1 aliphatic rings. The van der Waals surface area contributed by atoms with Gasteiger partial charge in [0.05, 0.1) is 19.3 Å². The summed E-state index contributed by atoms with van der Waals surface area (Å²) in [6.45, 7) is 12.3. The maximum Gasteiger partial charge on any atom is 0.0809 e. The van der Waals surface area contributed by atoms with E-state index >= 15 is 0 Å². The van der Waals surface area contributed by atoms with Gasteiger partial charge >= 0.3 is 0 Å². The molecule has 1 atom stereocenters. The van der Waals surface area contributed by atoms with Crippen molar-refractivity contribution in [3.63, 3.8) is 0 Å². The Balaban J connectivity index is 2.09. The van der Waals surface area contributed by atoms with Crippen LogP contribution in [0, 0.1) is 5.41 Å². The van der Waals surface area contributed by atoms with Crippen LogP contribution in [0.1, 0.15) is 40.5 Å². The summed E-state index contributed by atoms with van der Waals surface area (Å²) < 4.78 is 11.3. The number of hydrogen-bond acceptors (Lipinski definition) is 3. The van der Waals surface area contributed by atoms with E-state index in [9.17, 15) is 0 Å². The maximum absolute atomic E-state index is 5.75. The average molecular weight is 229 g/mol. The molecule has 1 N–H and O–H groups in total. The lowest BCUT2D eigenvalue weighted by Gasteiger charge is -2.26. The Labute approximate surface area is 99.9 Å². The van der Waals surface area contributed by atoms with Crippen LogP contribution < -0.4 is 5.32 Å². The predicted octanol–water partition coefficient (Wildman–Crippen LogP) is 2.21. The van der Waals surface area contributed by atoms with E-state index in [2.05, 4.69) is 33.0 Å². The van der Waals surface area contributed by atoms with E-state index in [-0.39, 0.29) is 5.41 Å². The summed E-state index contributed by atoms with van der Waals surface area (Å²) in [6, 6.07) is 0.539. The van der Waals surface area contributed by atoms with Crippen LogP contribution in [0.5, 0.6) is 0 Å². The van der Waals surface area contributed by atoms with E-state index in [1.165, 1.54) is 6.42 Å². The van der Waals surface area contributed by atoms with Crippen LogP contribution in [0.4, 0.5) is 0 Å². The molecule has 0 aromatic heterocycles. The van der Waals surface area contributed by atoms with Crippen molar-refractivity contribution in [1.29, 1.82) is 0 Å². The van der Waals surface area contributed by atoms with Gasteiger partial charge in [0.25, 0.3) is 0 Å². The zero-order chi connectivity index (χ0) is 12.0. The molecule has 1 fully saturated rings. The Morgan fingerprint density at radius 3 is 2.75 bits per heavy atom. The van der Waals surface area contributed by atoms with Crippen molar-refractivity contribution in [2.75, 3.05) is 26.4 Å². The molecule has 1 heterocycles. The minimum Gasteiger partial charge on any atom is -0.378 e. The van der Waals surface area contributed by atoms with Gasteiger partial charge in [0, 0.05) is 24.6 Å². The van der Waals surface area contributed by atoms with Gasteiger partial charge in [-0.3, -0.25) is 0 Å². The summed E-state index contributed by atoms with van der Waals surface area (Å²) in [6.07, 6.45) is 2.69. The first kappa shape index (κ1) is 13.9. The fourth-order valence-electron chi connectivity index (χ4n) is 1.77. The highest BCUT2D eigenvalue weighted by Gasteiger charge is 2.21. The molecule has 0 aliphatic carbocycles. The van der Waals surface area contributed by atoms with Crippen molar-refractivity contribution < 1.29 is 9.47 Å². The number of rotatable bonds is 7. The fourth-order valence-corrected chi connectivity index (χ4v) is 1.77. The number of hydrogen-bond donors (Lipinski definition) is 1. The summed E-state index contributed by atoms with van der Waals surface area (Å²) in [5.41, 5.74) is 0.197. The number of ether oxygens (including phenoxy) is 2. The van der Waals surface area contributed by atoms with Gasteiger partial charge in [-0.2, -0.15) is 0 Å². The predicted molar refractivity (Wildman–Crippen MR) is 66.7 cm³/mol. The first-order chi connectivity index (χ1) is 7.49. The average Bonchev–Trinajstić information content (AvgIpc) is 2.68. The largest absolute Gasteiger partial charge is 0.378 e. The van der Waals surface area contributed by atoms with E-state index in [4.69, 9.17) is 9.47 Å². The van der Waals surface area contributed by atoms with E-state index in [1.54, 1.807) is 0 Å². The molecule has 3 heteroatoms. The Bertz CT molecular complexity index is 186. The molecule has 0 aromatic rings. The monoisotopic (exact) mass is 229 g/mol. The molecule has 1 aliphatic heterocycles. The Morgan fingerprint density at radius 1 is 1.44 bits per heavy atom. The van der Waals surface area contributed by atoms with Crippen LogP contribution in [0.25, 0.3) is 0 Å². The topological polar surface area (TPSA) is 30.5 Å². The van der Waals surface area contributed by atoms with Crippen molar-refractivity contribution in [1.82, 2.24) is 5.32 Å². The van der Waals surface area contributed by atoms with Gasteiger partial charge in [0.2, 0.25) is 0 Å². The first-order valence-corrected chi connectivity index (χ1v) is 6.42. The van der Waals surface area contributed by atoms with Crippen LogP contribution in [-0.4, -0.2) is 38.5 Å². The van der Waals surface area contributed by atoms with E-state index < -0.39 is 0 Å². The Morgan fingerprint density at radius 2 is 2.19 bits per heavy atom. The molecule has 16 heavy (non-hydrogen) atoms. The molecule has 3 nitrogen and oxygen atoms in total. The maximum atomic E-state index is 5.75. The standard InChI is InChI=1S/C13H27NO2/c1-11(2)14-9-13(3,4)10-15-8-12-6-5-7-16-12/h11-12,14H,5-10H2,1-4H3. The molecular formula is C13H27NO2. The first-order valence-electron chi connectivity index (χ1n) is 6.42. The highest BCUT2D eigenvalue weighted by molar-refractivity contribution is 4.73. The lowest BCUT2D eigenvalue weighted by Crippen LogP contribution is -2.37. The van der Waals surface area contributed by atoms with Crippen molar-refractivity contribution >= 4 is 0 Å². The van der Waals surface area contributed by atoms with Crippen LogP contribution in [-0.2, 0) is 9.47 Å². The number of nitrogens with one attached hydrogen (secondary N) is 1. The van der Waals surface area contributed by atoms with E-state index in [0.717, 1.165) is 32.8 Å².